The Morgan fingerprint density at radius 2 is 1.34 bits per heavy atom. The van der Waals surface area contributed by atoms with E-state index in [1.165, 1.54) is 115 Å². The van der Waals surface area contributed by atoms with E-state index in [9.17, 15) is 0 Å². The van der Waals surface area contributed by atoms with Crippen molar-refractivity contribution in [1.29, 1.82) is 0 Å². The highest BCUT2D eigenvalue weighted by atomic mass is 14.3. The summed E-state index contributed by atoms with van der Waals surface area (Å²) in [6.45, 7) is 4.69. The average Bonchev–Trinajstić information content (AvgIpc) is 2.92. The van der Waals surface area contributed by atoms with Gasteiger partial charge < -0.3 is 0 Å². The fraction of sp³-hybridized carbons (Fsp3) is 0.714. The van der Waals surface area contributed by atoms with Crippen molar-refractivity contribution in [2.75, 3.05) is 0 Å². The third kappa shape index (κ3) is 8.27. The summed E-state index contributed by atoms with van der Waals surface area (Å²) in [5.41, 5.74) is 2.70. The first-order chi connectivity index (χ1) is 17.2. The standard InChI is InChI=1S/C35H52/c1-3-5-6-9-29-14-22-34(23-15-29)35-26-18-31(19-27-35)11-8-7-10-30-16-24-33(25-17-30)32-20-12-28(4-2)13-21-32/h7,10,18-19,26-30,32-34H,3-6,9,12-17,20-25H2,1-2H3/b10-7+/t28-,29-,30?,32-,33?,34-. The molecular formula is C35H52. The van der Waals surface area contributed by atoms with Gasteiger partial charge in [0.2, 0.25) is 0 Å². The van der Waals surface area contributed by atoms with Crippen LogP contribution in [0.5, 0.6) is 0 Å². The van der Waals surface area contributed by atoms with E-state index >= 15 is 0 Å². The molecule has 0 unspecified atom stereocenters. The van der Waals surface area contributed by atoms with Crippen molar-refractivity contribution in [3.63, 3.8) is 0 Å². The van der Waals surface area contributed by atoms with E-state index in [4.69, 9.17) is 0 Å². The van der Waals surface area contributed by atoms with E-state index < -0.39 is 0 Å². The molecule has 0 bridgehead atoms. The largest absolute Gasteiger partial charge is 0.0730 e. The lowest BCUT2D eigenvalue weighted by Crippen LogP contribution is -2.25. The Morgan fingerprint density at radius 1 is 0.714 bits per heavy atom. The summed E-state index contributed by atoms with van der Waals surface area (Å²) >= 11 is 0. The Hall–Kier alpha value is -1.48. The zero-order valence-corrected chi connectivity index (χ0v) is 22.9. The molecule has 3 aliphatic rings. The summed E-state index contributed by atoms with van der Waals surface area (Å²) in [7, 11) is 0. The lowest BCUT2D eigenvalue weighted by Gasteiger charge is -2.37. The van der Waals surface area contributed by atoms with E-state index in [0.717, 1.165) is 41.1 Å². The van der Waals surface area contributed by atoms with Crippen molar-refractivity contribution in [2.24, 2.45) is 29.6 Å². The van der Waals surface area contributed by atoms with Crippen molar-refractivity contribution in [3.05, 3.63) is 47.5 Å². The molecule has 0 radical (unpaired) electrons. The van der Waals surface area contributed by atoms with E-state index in [1.807, 2.05) is 0 Å². The summed E-state index contributed by atoms with van der Waals surface area (Å²) in [6.07, 6.45) is 28.9. The van der Waals surface area contributed by atoms with Crippen LogP contribution in [0.4, 0.5) is 0 Å². The second-order valence-corrected chi connectivity index (χ2v) is 12.3. The van der Waals surface area contributed by atoms with E-state index in [2.05, 4.69) is 62.1 Å². The number of hydrogen-bond acceptors (Lipinski definition) is 0. The van der Waals surface area contributed by atoms with E-state index in [-0.39, 0.29) is 0 Å². The molecule has 192 valence electrons. The maximum Gasteiger partial charge on any atom is 0.0249 e. The minimum Gasteiger partial charge on any atom is -0.0730 e. The Morgan fingerprint density at radius 3 is 1.97 bits per heavy atom. The molecule has 3 fully saturated rings. The molecule has 0 aliphatic heterocycles. The normalized spacial score (nSPS) is 31.7. The topological polar surface area (TPSA) is 0 Å². The van der Waals surface area contributed by atoms with Crippen molar-refractivity contribution < 1.29 is 0 Å². The zero-order chi connectivity index (χ0) is 24.3. The van der Waals surface area contributed by atoms with Gasteiger partial charge in [-0.15, -0.1) is 0 Å². The summed E-state index contributed by atoms with van der Waals surface area (Å²) in [5, 5.41) is 0. The van der Waals surface area contributed by atoms with Crippen molar-refractivity contribution in [3.8, 4) is 11.8 Å². The minimum absolute atomic E-state index is 0.756. The number of unbranched alkanes of at least 4 members (excludes halogenated alkanes) is 2. The summed E-state index contributed by atoms with van der Waals surface area (Å²) in [6, 6.07) is 9.21. The van der Waals surface area contributed by atoms with Crippen LogP contribution in [0.3, 0.4) is 0 Å². The first-order valence-electron chi connectivity index (χ1n) is 15.5. The molecule has 0 amide bonds. The van der Waals surface area contributed by atoms with Gasteiger partial charge in [0.05, 0.1) is 0 Å². The van der Waals surface area contributed by atoms with Gasteiger partial charge in [-0.05, 0) is 123 Å². The molecule has 0 spiro atoms. The Labute approximate surface area is 217 Å². The predicted molar refractivity (Wildman–Crippen MR) is 152 cm³/mol. The van der Waals surface area contributed by atoms with Gasteiger partial charge in [-0.25, -0.2) is 0 Å². The number of benzene rings is 1. The molecule has 0 heteroatoms. The molecule has 1 aromatic rings. The maximum atomic E-state index is 3.38. The maximum absolute atomic E-state index is 3.38. The van der Waals surface area contributed by atoms with Crippen LogP contribution in [-0.2, 0) is 0 Å². The molecule has 3 aliphatic carbocycles. The van der Waals surface area contributed by atoms with Gasteiger partial charge in [0, 0.05) is 5.56 Å². The molecule has 0 atom stereocenters. The van der Waals surface area contributed by atoms with Crippen LogP contribution in [0.1, 0.15) is 140 Å². The van der Waals surface area contributed by atoms with Crippen LogP contribution in [0, 0.1) is 41.4 Å². The summed E-state index contributed by atoms with van der Waals surface area (Å²) in [4.78, 5) is 0. The van der Waals surface area contributed by atoms with Gasteiger partial charge in [-0.2, -0.15) is 0 Å². The number of rotatable bonds is 8. The summed E-state index contributed by atoms with van der Waals surface area (Å²) in [5.74, 6) is 12.3. The van der Waals surface area contributed by atoms with Crippen molar-refractivity contribution in [2.45, 2.75) is 129 Å². The van der Waals surface area contributed by atoms with E-state index in [0.29, 0.717) is 0 Å². The highest BCUT2D eigenvalue weighted by Crippen LogP contribution is 2.42. The molecule has 0 N–H and O–H groups in total. The van der Waals surface area contributed by atoms with Crippen LogP contribution in [0.2, 0.25) is 0 Å². The molecule has 35 heavy (non-hydrogen) atoms. The fourth-order valence-corrected chi connectivity index (χ4v) is 7.49. The Bertz CT molecular complexity index is 794. The van der Waals surface area contributed by atoms with Gasteiger partial charge >= 0.3 is 0 Å². The number of hydrogen-bond donors (Lipinski definition) is 0. The smallest absolute Gasteiger partial charge is 0.0249 e. The van der Waals surface area contributed by atoms with Crippen LogP contribution in [0.25, 0.3) is 0 Å². The average molecular weight is 473 g/mol. The Kier molecular flexibility index (Phi) is 10.9. The third-order valence-corrected chi connectivity index (χ3v) is 10.1. The van der Waals surface area contributed by atoms with Gasteiger partial charge in [-0.3, -0.25) is 0 Å². The van der Waals surface area contributed by atoms with Gasteiger partial charge in [0.15, 0.2) is 0 Å². The molecule has 3 saturated carbocycles. The lowest BCUT2D eigenvalue weighted by molar-refractivity contribution is 0.154. The second kappa shape index (κ2) is 14.3. The molecule has 1 aromatic carbocycles. The minimum atomic E-state index is 0.756. The SMILES string of the molecule is CCCCC[C@H]1CC[C@H](c2ccc(C#C/C=C/C3CCC([C@H]4CC[C@H](CC)CC4)CC3)cc2)CC1. The van der Waals surface area contributed by atoms with Gasteiger partial charge in [0.1, 0.15) is 0 Å². The fourth-order valence-electron chi connectivity index (χ4n) is 7.49. The molecule has 0 nitrogen and oxygen atoms in total. The van der Waals surface area contributed by atoms with Crippen LogP contribution >= 0.6 is 0 Å². The first-order valence-corrected chi connectivity index (χ1v) is 15.5. The quantitative estimate of drug-likeness (QED) is 0.261. The Balaban J connectivity index is 1.16. The molecular weight excluding hydrogens is 420 g/mol. The highest BCUT2D eigenvalue weighted by molar-refractivity contribution is 5.39. The van der Waals surface area contributed by atoms with Crippen LogP contribution < -0.4 is 0 Å². The molecule has 4 rings (SSSR count). The monoisotopic (exact) mass is 472 g/mol. The lowest BCUT2D eigenvalue weighted by atomic mass is 9.69. The van der Waals surface area contributed by atoms with Crippen LogP contribution in [0.15, 0.2) is 36.4 Å². The van der Waals surface area contributed by atoms with Gasteiger partial charge in [0.25, 0.3) is 0 Å². The van der Waals surface area contributed by atoms with E-state index in [1.54, 1.807) is 0 Å². The molecule has 0 heterocycles. The van der Waals surface area contributed by atoms with Crippen molar-refractivity contribution >= 4 is 0 Å². The zero-order valence-electron chi connectivity index (χ0n) is 22.9. The predicted octanol–water partition coefficient (Wildman–Crippen LogP) is 10.5. The molecule has 0 saturated heterocycles. The highest BCUT2D eigenvalue weighted by Gasteiger charge is 2.29. The second-order valence-electron chi connectivity index (χ2n) is 12.3. The van der Waals surface area contributed by atoms with Crippen LogP contribution in [-0.4, -0.2) is 0 Å². The summed E-state index contributed by atoms with van der Waals surface area (Å²) < 4.78 is 0. The number of allylic oxidation sites excluding steroid dienone is 2. The third-order valence-electron chi connectivity index (χ3n) is 10.1. The molecule has 0 aromatic heterocycles. The van der Waals surface area contributed by atoms with Gasteiger partial charge in [-0.1, -0.05) is 88.8 Å². The van der Waals surface area contributed by atoms with Crippen molar-refractivity contribution in [1.82, 2.24) is 0 Å². The first kappa shape index (κ1) is 26.6.